The summed E-state index contributed by atoms with van der Waals surface area (Å²) in [5.74, 6) is -5.37. The molecule has 1 atom stereocenters. The van der Waals surface area contributed by atoms with E-state index in [2.05, 4.69) is 22.3 Å². The molecule has 1 aromatic heterocycles. The highest BCUT2D eigenvalue weighted by Crippen LogP contribution is 2.45. The van der Waals surface area contributed by atoms with E-state index < -0.39 is 23.8 Å². The molecular formula is C10H8F5N3OS. The SMILES string of the molecule is FC(F)(F)C(F)(F)c1cc(N=C=S)nn1[C@H]1CCOC1. The molecule has 4 nitrogen and oxygen atoms in total. The molecule has 1 aliphatic rings. The number of hydrogen-bond donors (Lipinski definition) is 0. The van der Waals surface area contributed by atoms with Gasteiger partial charge < -0.3 is 4.74 Å². The summed E-state index contributed by atoms with van der Waals surface area (Å²) < 4.78 is 70.1. The number of hydrogen-bond acceptors (Lipinski definition) is 4. The molecule has 20 heavy (non-hydrogen) atoms. The second-order valence-corrected chi connectivity index (χ2v) is 4.31. The molecule has 1 saturated heterocycles. The van der Waals surface area contributed by atoms with E-state index in [1.807, 2.05) is 5.16 Å². The van der Waals surface area contributed by atoms with Crippen LogP contribution < -0.4 is 0 Å². The third-order valence-electron chi connectivity index (χ3n) is 2.81. The molecule has 0 amide bonds. The van der Waals surface area contributed by atoms with E-state index in [0.717, 1.165) is 0 Å². The van der Waals surface area contributed by atoms with Crippen molar-refractivity contribution in [1.82, 2.24) is 9.78 Å². The number of isothiocyanates is 1. The first-order chi connectivity index (χ1) is 9.27. The zero-order chi connectivity index (χ0) is 15.0. The van der Waals surface area contributed by atoms with Crippen LogP contribution in [0.15, 0.2) is 11.1 Å². The van der Waals surface area contributed by atoms with Crippen LogP contribution in [-0.2, 0) is 10.7 Å². The van der Waals surface area contributed by atoms with Crippen molar-refractivity contribution in [2.45, 2.75) is 24.6 Å². The van der Waals surface area contributed by atoms with E-state index in [9.17, 15) is 22.0 Å². The van der Waals surface area contributed by atoms with Crippen molar-refractivity contribution in [3.8, 4) is 0 Å². The highest BCUT2D eigenvalue weighted by Gasteiger charge is 2.61. The van der Waals surface area contributed by atoms with Crippen molar-refractivity contribution in [3.63, 3.8) is 0 Å². The van der Waals surface area contributed by atoms with Crippen LogP contribution in [0.25, 0.3) is 0 Å². The van der Waals surface area contributed by atoms with Gasteiger partial charge in [0.1, 0.15) is 5.69 Å². The number of rotatable bonds is 3. The third kappa shape index (κ3) is 2.58. The van der Waals surface area contributed by atoms with Gasteiger partial charge in [-0.3, -0.25) is 4.68 Å². The van der Waals surface area contributed by atoms with Crippen LogP contribution >= 0.6 is 12.2 Å². The lowest BCUT2D eigenvalue weighted by Crippen LogP contribution is -2.36. The minimum Gasteiger partial charge on any atom is -0.379 e. The Kier molecular flexibility index (Phi) is 3.90. The molecule has 110 valence electrons. The molecule has 1 aromatic rings. The van der Waals surface area contributed by atoms with Gasteiger partial charge in [-0.15, -0.1) is 0 Å². The number of alkyl halides is 5. The van der Waals surface area contributed by atoms with Gasteiger partial charge in [0.05, 0.1) is 17.8 Å². The fourth-order valence-corrected chi connectivity index (χ4v) is 1.95. The zero-order valence-electron chi connectivity index (χ0n) is 9.82. The number of aromatic nitrogens is 2. The normalized spacial score (nSPS) is 19.9. The molecule has 0 bridgehead atoms. The lowest BCUT2D eigenvalue weighted by atomic mass is 10.2. The Bertz CT molecular complexity index is 544. The van der Waals surface area contributed by atoms with Gasteiger partial charge >= 0.3 is 12.1 Å². The van der Waals surface area contributed by atoms with Crippen LogP contribution in [0.1, 0.15) is 18.2 Å². The van der Waals surface area contributed by atoms with E-state index in [1.54, 1.807) is 0 Å². The van der Waals surface area contributed by atoms with E-state index in [1.165, 1.54) is 0 Å². The predicted molar refractivity (Wildman–Crippen MR) is 61.3 cm³/mol. The number of aliphatic imine (C=N–C) groups is 1. The summed E-state index contributed by atoms with van der Waals surface area (Å²) in [4.78, 5) is 3.35. The van der Waals surface area contributed by atoms with Gasteiger partial charge in [-0.1, -0.05) is 0 Å². The number of ether oxygens (including phenoxy) is 1. The van der Waals surface area contributed by atoms with Gasteiger partial charge in [0.2, 0.25) is 0 Å². The fourth-order valence-electron chi connectivity index (χ4n) is 1.86. The van der Waals surface area contributed by atoms with Crippen LogP contribution in [0.3, 0.4) is 0 Å². The quantitative estimate of drug-likeness (QED) is 0.488. The van der Waals surface area contributed by atoms with E-state index >= 15 is 0 Å². The van der Waals surface area contributed by atoms with Gasteiger partial charge in [-0.25, -0.2) is 0 Å². The van der Waals surface area contributed by atoms with Gasteiger partial charge in [0.25, 0.3) is 0 Å². The second kappa shape index (κ2) is 5.19. The largest absolute Gasteiger partial charge is 0.459 e. The molecule has 0 N–H and O–H groups in total. The maximum atomic E-state index is 13.5. The summed E-state index contributed by atoms with van der Waals surface area (Å²) in [5, 5.41) is 5.50. The minimum absolute atomic E-state index is 0.0172. The van der Waals surface area contributed by atoms with Gasteiger partial charge in [-0.2, -0.15) is 32.0 Å². The topological polar surface area (TPSA) is 39.4 Å². The van der Waals surface area contributed by atoms with Crippen molar-refractivity contribution in [1.29, 1.82) is 0 Å². The van der Waals surface area contributed by atoms with Gasteiger partial charge in [0.15, 0.2) is 5.82 Å². The Hall–Kier alpha value is -1.38. The van der Waals surface area contributed by atoms with Crippen LogP contribution in [0.4, 0.5) is 27.8 Å². The van der Waals surface area contributed by atoms with Crippen LogP contribution in [0.2, 0.25) is 0 Å². The monoisotopic (exact) mass is 313 g/mol. The predicted octanol–water partition coefficient (Wildman–Crippen LogP) is 3.23. The summed E-state index contributed by atoms with van der Waals surface area (Å²) >= 11 is 4.29. The molecule has 2 heterocycles. The molecule has 0 aromatic carbocycles. The number of thiocarbonyl (C=S) groups is 1. The second-order valence-electron chi connectivity index (χ2n) is 4.13. The average Bonchev–Trinajstić information content (AvgIpc) is 2.94. The summed E-state index contributed by atoms with van der Waals surface area (Å²) in [6.07, 6.45) is -5.42. The zero-order valence-corrected chi connectivity index (χ0v) is 10.6. The van der Waals surface area contributed by atoms with Crippen LogP contribution in [0, 0.1) is 0 Å². The number of nitrogens with zero attached hydrogens (tertiary/aromatic N) is 3. The molecule has 0 spiro atoms. The molecule has 0 radical (unpaired) electrons. The highest BCUT2D eigenvalue weighted by molar-refractivity contribution is 7.78. The lowest BCUT2D eigenvalue weighted by molar-refractivity contribution is -0.292. The maximum Gasteiger partial charge on any atom is 0.459 e. The van der Waals surface area contributed by atoms with Crippen molar-refractivity contribution in [2.75, 3.05) is 13.2 Å². The molecule has 2 rings (SSSR count). The van der Waals surface area contributed by atoms with Crippen molar-refractivity contribution >= 4 is 23.2 Å². The Labute approximate surface area is 115 Å². The Morgan fingerprint density at radius 1 is 1.40 bits per heavy atom. The van der Waals surface area contributed by atoms with Gasteiger partial charge in [0, 0.05) is 12.7 Å². The molecule has 0 aliphatic carbocycles. The third-order valence-corrected chi connectivity index (χ3v) is 2.90. The van der Waals surface area contributed by atoms with Crippen LogP contribution in [0.5, 0.6) is 0 Å². The van der Waals surface area contributed by atoms with E-state index in [-0.39, 0.29) is 19.0 Å². The highest BCUT2D eigenvalue weighted by atomic mass is 32.1. The van der Waals surface area contributed by atoms with Crippen molar-refractivity contribution in [2.24, 2.45) is 4.99 Å². The first-order valence-corrected chi connectivity index (χ1v) is 5.88. The molecule has 0 unspecified atom stereocenters. The summed E-state index contributed by atoms with van der Waals surface area (Å²) in [5.41, 5.74) is -1.27. The van der Waals surface area contributed by atoms with Gasteiger partial charge in [-0.05, 0) is 18.6 Å². The summed E-state index contributed by atoms with van der Waals surface area (Å²) in [7, 11) is 0. The molecule has 0 saturated carbocycles. The molecular weight excluding hydrogens is 305 g/mol. The average molecular weight is 313 g/mol. The Morgan fingerprint density at radius 2 is 2.10 bits per heavy atom. The Balaban J connectivity index is 2.52. The lowest BCUT2D eigenvalue weighted by Gasteiger charge is -2.22. The molecule has 1 aliphatic heterocycles. The van der Waals surface area contributed by atoms with Crippen molar-refractivity contribution < 1.29 is 26.7 Å². The molecule has 1 fully saturated rings. The summed E-state index contributed by atoms with van der Waals surface area (Å²) in [6.45, 7) is 0.288. The van der Waals surface area contributed by atoms with E-state index in [0.29, 0.717) is 17.2 Å². The summed E-state index contributed by atoms with van der Waals surface area (Å²) in [6, 6.07) is -0.127. The smallest absolute Gasteiger partial charge is 0.379 e. The Morgan fingerprint density at radius 3 is 2.60 bits per heavy atom. The molecule has 10 heteroatoms. The number of halogens is 5. The maximum absolute atomic E-state index is 13.5. The standard InChI is InChI=1S/C10H8F5N3OS/c11-9(12,10(13,14)15)7-3-8(16-5-20)17-18(7)6-1-2-19-4-6/h3,6H,1-2,4H2/t6-/m0/s1. The first-order valence-electron chi connectivity index (χ1n) is 5.47. The minimum atomic E-state index is -5.72. The van der Waals surface area contributed by atoms with Crippen molar-refractivity contribution in [3.05, 3.63) is 11.8 Å². The van der Waals surface area contributed by atoms with Crippen LogP contribution in [-0.4, -0.2) is 34.3 Å². The fraction of sp³-hybridized carbons (Fsp3) is 0.600. The first kappa shape index (κ1) is 15.0. The van der Waals surface area contributed by atoms with E-state index in [4.69, 9.17) is 4.74 Å².